The van der Waals surface area contributed by atoms with Crippen LogP contribution in [0.2, 0.25) is 0 Å². The predicted octanol–water partition coefficient (Wildman–Crippen LogP) is 3.47. The van der Waals surface area contributed by atoms with Crippen LogP contribution in [0.5, 0.6) is 0 Å². The molecule has 4 amide bonds. The molecule has 0 radical (unpaired) electrons. The Morgan fingerprint density at radius 1 is 0.828 bits per heavy atom. The van der Waals surface area contributed by atoms with E-state index in [4.69, 9.17) is 9.47 Å². The lowest BCUT2D eigenvalue weighted by atomic mass is 10.2. The zero-order valence-corrected chi connectivity index (χ0v) is 17.8. The first-order valence-corrected chi connectivity index (χ1v) is 8.95. The van der Waals surface area contributed by atoms with Crippen LogP contribution >= 0.6 is 0 Å². The highest BCUT2D eigenvalue weighted by Gasteiger charge is 2.21. The number of nitrogens with zero attached hydrogens (tertiary/aromatic N) is 1. The third-order valence-corrected chi connectivity index (χ3v) is 2.83. The smallest absolute Gasteiger partial charge is 0.414 e. The van der Waals surface area contributed by atoms with E-state index in [1.54, 1.807) is 65.8 Å². The third-order valence-electron chi connectivity index (χ3n) is 2.83. The summed E-state index contributed by atoms with van der Waals surface area (Å²) in [6.45, 7) is 10.3. The molecular formula is C19H29N5O5. The van der Waals surface area contributed by atoms with Gasteiger partial charge in [-0.05, 0) is 65.8 Å². The van der Waals surface area contributed by atoms with Crippen LogP contribution in [0.15, 0.2) is 29.3 Å². The normalized spacial score (nSPS) is 11.0. The Morgan fingerprint density at radius 2 is 1.28 bits per heavy atom. The van der Waals surface area contributed by atoms with Gasteiger partial charge in [-0.2, -0.15) is 0 Å². The van der Waals surface area contributed by atoms with Crippen LogP contribution in [0, 0.1) is 0 Å². The Kier molecular flexibility index (Phi) is 7.99. The van der Waals surface area contributed by atoms with E-state index in [9.17, 15) is 14.4 Å². The van der Waals surface area contributed by atoms with E-state index in [1.807, 2.05) is 0 Å². The van der Waals surface area contributed by atoms with Gasteiger partial charge < -0.3 is 20.1 Å². The number of hydrogen-bond acceptors (Lipinski definition) is 6. The van der Waals surface area contributed by atoms with Gasteiger partial charge in [0.05, 0.1) is 5.69 Å². The van der Waals surface area contributed by atoms with Crippen molar-refractivity contribution in [2.45, 2.75) is 52.7 Å². The Labute approximate surface area is 170 Å². The highest BCUT2D eigenvalue weighted by molar-refractivity contribution is 6.02. The van der Waals surface area contributed by atoms with Crippen molar-refractivity contribution in [3.63, 3.8) is 0 Å². The molecule has 1 aromatic carbocycles. The number of guanidine groups is 1. The van der Waals surface area contributed by atoms with Crippen LogP contribution in [0.1, 0.15) is 41.5 Å². The fourth-order valence-electron chi connectivity index (χ4n) is 1.83. The molecule has 29 heavy (non-hydrogen) atoms. The fourth-order valence-corrected chi connectivity index (χ4v) is 1.83. The number of carbonyl (C=O) groups is 3. The van der Waals surface area contributed by atoms with E-state index in [2.05, 4.69) is 26.3 Å². The second-order valence-corrected chi connectivity index (χ2v) is 7.97. The van der Waals surface area contributed by atoms with Gasteiger partial charge in [0.25, 0.3) is 0 Å². The summed E-state index contributed by atoms with van der Waals surface area (Å²) in [6, 6.07) is 6.07. The summed E-state index contributed by atoms with van der Waals surface area (Å²) in [4.78, 5) is 39.7. The second kappa shape index (κ2) is 9.76. The summed E-state index contributed by atoms with van der Waals surface area (Å²) < 4.78 is 10.4. The minimum Gasteiger partial charge on any atom is -0.444 e. The summed E-state index contributed by atoms with van der Waals surface area (Å²) in [6.07, 6.45) is -1.57. The SMILES string of the molecule is CNC(=O)Nc1ccc(N=C(NC(=O)OC(C)(C)C)NC(=O)OC(C)(C)C)cc1. The van der Waals surface area contributed by atoms with Gasteiger partial charge in [-0.3, -0.25) is 10.6 Å². The maximum atomic E-state index is 12.1. The number of rotatable bonds is 2. The van der Waals surface area contributed by atoms with Crippen LogP contribution in [0.4, 0.5) is 25.8 Å². The lowest BCUT2D eigenvalue weighted by Crippen LogP contribution is -2.47. The number of carbonyl (C=O) groups excluding carboxylic acids is 3. The van der Waals surface area contributed by atoms with Gasteiger partial charge in [-0.25, -0.2) is 19.4 Å². The topological polar surface area (TPSA) is 130 Å². The van der Waals surface area contributed by atoms with Crippen LogP contribution in [0.25, 0.3) is 0 Å². The molecule has 0 aromatic heterocycles. The van der Waals surface area contributed by atoms with E-state index >= 15 is 0 Å². The van der Waals surface area contributed by atoms with Crippen molar-refractivity contribution in [2.24, 2.45) is 4.99 Å². The Hall–Kier alpha value is -3.30. The number of nitrogens with one attached hydrogen (secondary N) is 4. The largest absolute Gasteiger partial charge is 0.444 e. The van der Waals surface area contributed by atoms with Crippen molar-refractivity contribution >= 4 is 35.6 Å². The zero-order valence-electron chi connectivity index (χ0n) is 17.8. The molecule has 0 saturated heterocycles. The first-order valence-electron chi connectivity index (χ1n) is 8.95. The lowest BCUT2D eigenvalue weighted by molar-refractivity contribution is 0.0545. The number of benzene rings is 1. The number of aliphatic imine (C=N–C) groups is 1. The minimum absolute atomic E-state index is 0.166. The van der Waals surface area contributed by atoms with Gasteiger partial charge in [-0.1, -0.05) is 0 Å². The van der Waals surface area contributed by atoms with Crippen LogP contribution < -0.4 is 21.3 Å². The van der Waals surface area contributed by atoms with Crippen molar-refractivity contribution in [3.05, 3.63) is 24.3 Å². The van der Waals surface area contributed by atoms with Gasteiger partial charge in [0.1, 0.15) is 11.2 Å². The van der Waals surface area contributed by atoms with Gasteiger partial charge in [0, 0.05) is 12.7 Å². The average molecular weight is 407 g/mol. The van der Waals surface area contributed by atoms with Crippen LogP contribution in [0.3, 0.4) is 0 Å². The monoisotopic (exact) mass is 407 g/mol. The maximum Gasteiger partial charge on any atom is 0.414 e. The number of alkyl carbamates (subject to hydrolysis) is 2. The summed E-state index contributed by atoms with van der Waals surface area (Å²) >= 11 is 0. The standard InChI is InChI=1S/C19H29N5O5/c1-18(2,3)28-16(26)23-14(24-17(27)29-19(4,5)6)21-12-8-10-13(11-9-12)22-15(25)20-7/h8-11H,1-7H3,(H2,20,22,25)(H2,21,23,24,26,27). The number of ether oxygens (including phenoxy) is 2. The Balaban J connectivity index is 3.00. The molecule has 4 N–H and O–H groups in total. The molecule has 0 aliphatic heterocycles. The fraction of sp³-hybridized carbons (Fsp3) is 0.474. The summed E-state index contributed by atoms with van der Waals surface area (Å²) in [5.41, 5.74) is -0.498. The van der Waals surface area contributed by atoms with Crippen molar-refractivity contribution in [2.75, 3.05) is 12.4 Å². The highest BCUT2D eigenvalue weighted by Crippen LogP contribution is 2.16. The molecule has 0 unspecified atom stereocenters. The molecule has 10 heteroatoms. The van der Waals surface area contributed by atoms with Crippen molar-refractivity contribution in [3.8, 4) is 0 Å². The van der Waals surface area contributed by atoms with E-state index in [0.29, 0.717) is 11.4 Å². The Morgan fingerprint density at radius 3 is 1.66 bits per heavy atom. The van der Waals surface area contributed by atoms with Crippen molar-refractivity contribution in [1.29, 1.82) is 0 Å². The number of amides is 4. The minimum atomic E-state index is -0.787. The average Bonchev–Trinajstić information content (AvgIpc) is 2.52. The quantitative estimate of drug-likeness (QED) is 0.440. The van der Waals surface area contributed by atoms with Crippen LogP contribution in [-0.2, 0) is 9.47 Å². The van der Waals surface area contributed by atoms with E-state index < -0.39 is 23.4 Å². The molecule has 0 bridgehead atoms. The van der Waals surface area contributed by atoms with E-state index in [1.165, 1.54) is 7.05 Å². The summed E-state index contributed by atoms with van der Waals surface area (Å²) in [5, 5.41) is 9.83. The molecule has 0 aliphatic rings. The molecule has 1 aromatic rings. The van der Waals surface area contributed by atoms with Crippen molar-refractivity contribution in [1.82, 2.24) is 16.0 Å². The van der Waals surface area contributed by atoms with Gasteiger partial charge >= 0.3 is 18.2 Å². The molecule has 160 valence electrons. The number of urea groups is 1. The number of anilines is 1. The molecule has 0 aliphatic carbocycles. The van der Waals surface area contributed by atoms with Crippen molar-refractivity contribution < 1.29 is 23.9 Å². The third kappa shape index (κ3) is 10.6. The molecule has 0 saturated carbocycles. The molecular weight excluding hydrogens is 378 g/mol. The number of hydrogen-bond donors (Lipinski definition) is 4. The zero-order chi connectivity index (χ0) is 22.2. The van der Waals surface area contributed by atoms with E-state index in [0.717, 1.165) is 0 Å². The van der Waals surface area contributed by atoms with Gasteiger partial charge in [0.15, 0.2) is 0 Å². The second-order valence-electron chi connectivity index (χ2n) is 7.97. The molecule has 0 atom stereocenters. The lowest BCUT2D eigenvalue weighted by Gasteiger charge is -2.22. The van der Waals surface area contributed by atoms with E-state index in [-0.39, 0.29) is 12.0 Å². The Bertz CT molecular complexity index is 729. The molecule has 1 rings (SSSR count). The summed E-state index contributed by atoms with van der Waals surface area (Å²) in [5.74, 6) is -0.166. The maximum absolute atomic E-state index is 12.1. The summed E-state index contributed by atoms with van der Waals surface area (Å²) in [7, 11) is 1.50. The van der Waals surface area contributed by atoms with Gasteiger partial charge in [-0.15, -0.1) is 0 Å². The van der Waals surface area contributed by atoms with Crippen LogP contribution in [-0.4, -0.2) is 42.4 Å². The molecule has 0 spiro atoms. The first kappa shape index (κ1) is 23.7. The van der Waals surface area contributed by atoms with Gasteiger partial charge in [0.2, 0.25) is 5.96 Å². The first-order chi connectivity index (χ1) is 13.3. The molecule has 0 fully saturated rings. The molecule has 0 heterocycles. The predicted molar refractivity (Wildman–Crippen MR) is 110 cm³/mol. The molecule has 10 nitrogen and oxygen atoms in total. The highest BCUT2D eigenvalue weighted by atomic mass is 16.6.